The molecule has 2 aromatic carbocycles. The fraction of sp³-hybridized carbons (Fsp3) is 0.318. The first-order valence-corrected chi connectivity index (χ1v) is 10.3. The maximum atomic E-state index is 12.9. The predicted octanol–water partition coefficient (Wildman–Crippen LogP) is 2.50. The lowest BCUT2D eigenvalue weighted by Gasteiger charge is -2.37. The van der Waals surface area contributed by atoms with Crippen LogP contribution in [0.5, 0.6) is 0 Å². The Morgan fingerprint density at radius 2 is 1.63 bits per heavy atom. The maximum Gasteiger partial charge on any atom is 0.322 e. The molecule has 156 valence electrons. The quantitative estimate of drug-likeness (QED) is 0.720. The number of rotatable bonds is 5. The van der Waals surface area contributed by atoms with E-state index in [4.69, 9.17) is 11.6 Å². The number of anilines is 1. The Kier molecular flexibility index (Phi) is 5.63. The number of benzene rings is 2. The lowest BCUT2D eigenvalue weighted by Crippen LogP contribution is -2.50. The number of para-hydroxylation sites is 1. The molecule has 0 aromatic heterocycles. The standard InChI is InChI=1S/C22H23ClN4O3/c23-17-8-4-5-9-18(17)26-12-14-27(15-13-26)19(28)10-11-22(16-6-2-1-3-7-16)20(29)24-21(30)25-22/h1-9H,10-15H2,(H2,24,25,29,30). The van der Waals surface area contributed by atoms with Gasteiger partial charge in [-0.05, 0) is 24.1 Å². The van der Waals surface area contributed by atoms with Crippen LogP contribution in [0.15, 0.2) is 54.6 Å². The Morgan fingerprint density at radius 3 is 2.27 bits per heavy atom. The number of hydrogen-bond acceptors (Lipinski definition) is 4. The molecular weight excluding hydrogens is 404 g/mol. The van der Waals surface area contributed by atoms with Crippen LogP contribution in [-0.4, -0.2) is 48.9 Å². The van der Waals surface area contributed by atoms with Crippen LogP contribution >= 0.6 is 11.6 Å². The lowest BCUT2D eigenvalue weighted by atomic mass is 9.85. The van der Waals surface area contributed by atoms with E-state index in [1.165, 1.54) is 0 Å². The van der Waals surface area contributed by atoms with E-state index in [0.717, 1.165) is 5.69 Å². The van der Waals surface area contributed by atoms with Crippen molar-refractivity contribution in [3.05, 3.63) is 65.2 Å². The van der Waals surface area contributed by atoms with E-state index in [0.29, 0.717) is 36.8 Å². The SMILES string of the molecule is O=C1NC(=O)C(CCC(=O)N2CCN(c3ccccc3Cl)CC2)(c2ccccc2)N1. The van der Waals surface area contributed by atoms with E-state index in [2.05, 4.69) is 15.5 Å². The molecule has 4 amide bonds. The Balaban J connectivity index is 1.40. The number of nitrogens with zero attached hydrogens (tertiary/aromatic N) is 2. The number of piperazine rings is 1. The molecule has 0 spiro atoms. The van der Waals surface area contributed by atoms with Crippen molar-refractivity contribution in [3.63, 3.8) is 0 Å². The van der Waals surface area contributed by atoms with Gasteiger partial charge in [0.25, 0.3) is 5.91 Å². The molecule has 0 radical (unpaired) electrons. The smallest absolute Gasteiger partial charge is 0.322 e. The molecule has 2 N–H and O–H groups in total. The highest BCUT2D eigenvalue weighted by molar-refractivity contribution is 6.33. The average Bonchev–Trinajstić information content (AvgIpc) is 3.07. The summed E-state index contributed by atoms with van der Waals surface area (Å²) in [6, 6.07) is 16.2. The second kappa shape index (κ2) is 8.36. The first-order valence-electron chi connectivity index (χ1n) is 9.96. The molecule has 2 aliphatic rings. The molecule has 1 unspecified atom stereocenters. The molecule has 2 aliphatic heterocycles. The van der Waals surface area contributed by atoms with Crippen molar-refractivity contribution in [1.82, 2.24) is 15.5 Å². The number of imide groups is 1. The summed E-state index contributed by atoms with van der Waals surface area (Å²) in [4.78, 5) is 41.3. The van der Waals surface area contributed by atoms with Gasteiger partial charge in [-0.15, -0.1) is 0 Å². The maximum absolute atomic E-state index is 12.9. The van der Waals surface area contributed by atoms with Crippen molar-refractivity contribution >= 4 is 35.1 Å². The van der Waals surface area contributed by atoms with E-state index >= 15 is 0 Å². The Morgan fingerprint density at radius 1 is 0.967 bits per heavy atom. The van der Waals surface area contributed by atoms with E-state index in [-0.39, 0.29) is 18.7 Å². The number of urea groups is 1. The third kappa shape index (κ3) is 3.85. The van der Waals surface area contributed by atoms with Gasteiger partial charge in [0.1, 0.15) is 5.54 Å². The van der Waals surface area contributed by atoms with Gasteiger partial charge in [-0.2, -0.15) is 0 Å². The van der Waals surface area contributed by atoms with Crippen LogP contribution in [0, 0.1) is 0 Å². The van der Waals surface area contributed by atoms with Crippen molar-refractivity contribution in [2.24, 2.45) is 0 Å². The van der Waals surface area contributed by atoms with Gasteiger partial charge >= 0.3 is 6.03 Å². The number of carbonyl (C=O) groups is 3. The average molecular weight is 427 g/mol. The fourth-order valence-corrected chi connectivity index (χ4v) is 4.35. The third-order valence-electron chi connectivity index (χ3n) is 5.75. The van der Waals surface area contributed by atoms with E-state index in [1.807, 2.05) is 42.5 Å². The number of hydrogen-bond donors (Lipinski definition) is 2. The highest BCUT2D eigenvalue weighted by atomic mass is 35.5. The minimum atomic E-state index is -1.21. The highest BCUT2D eigenvalue weighted by Crippen LogP contribution is 2.31. The van der Waals surface area contributed by atoms with Gasteiger partial charge in [0.2, 0.25) is 5.91 Å². The number of nitrogens with one attached hydrogen (secondary N) is 2. The molecule has 7 nitrogen and oxygen atoms in total. The van der Waals surface area contributed by atoms with Gasteiger partial charge in [-0.25, -0.2) is 4.79 Å². The van der Waals surface area contributed by atoms with E-state index < -0.39 is 17.5 Å². The number of carbonyl (C=O) groups excluding carboxylic acids is 3. The second-order valence-corrected chi connectivity index (χ2v) is 7.91. The predicted molar refractivity (Wildman–Crippen MR) is 114 cm³/mol. The zero-order valence-electron chi connectivity index (χ0n) is 16.4. The molecule has 2 heterocycles. The highest BCUT2D eigenvalue weighted by Gasteiger charge is 2.47. The molecule has 0 bridgehead atoms. The van der Waals surface area contributed by atoms with Crippen LogP contribution in [0.4, 0.5) is 10.5 Å². The summed E-state index contributed by atoms with van der Waals surface area (Å²) in [6.45, 7) is 2.55. The zero-order chi connectivity index (χ0) is 21.1. The van der Waals surface area contributed by atoms with Gasteiger partial charge in [0, 0.05) is 32.6 Å². The molecule has 0 saturated carbocycles. The topological polar surface area (TPSA) is 81.8 Å². The molecule has 2 fully saturated rings. The van der Waals surface area contributed by atoms with Crippen molar-refractivity contribution in [3.8, 4) is 0 Å². The molecule has 4 rings (SSSR count). The molecule has 2 saturated heterocycles. The monoisotopic (exact) mass is 426 g/mol. The largest absolute Gasteiger partial charge is 0.367 e. The van der Waals surface area contributed by atoms with Crippen LogP contribution in [0.2, 0.25) is 5.02 Å². The lowest BCUT2D eigenvalue weighted by molar-refractivity contribution is -0.132. The van der Waals surface area contributed by atoms with Crippen LogP contribution in [-0.2, 0) is 15.1 Å². The van der Waals surface area contributed by atoms with E-state index in [1.54, 1.807) is 17.0 Å². The van der Waals surface area contributed by atoms with Crippen molar-refractivity contribution in [2.45, 2.75) is 18.4 Å². The van der Waals surface area contributed by atoms with Crippen molar-refractivity contribution in [2.75, 3.05) is 31.1 Å². The fourth-order valence-electron chi connectivity index (χ4n) is 4.10. The molecule has 30 heavy (non-hydrogen) atoms. The minimum Gasteiger partial charge on any atom is -0.367 e. The van der Waals surface area contributed by atoms with Gasteiger partial charge < -0.3 is 15.1 Å². The molecule has 2 aromatic rings. The summed E-state index contributed by atoms with van der Waals surface area (Å²) in [5.41, 5.74) is 0.428. The van der Waals surface area contributed by atoms with Crippen LogP contribution < -0.4 is 15.5 Å². The second-order valence-electron chi connectivity index (χ2n) is 7.50. The van der Waals surface area contributed by atoms with E-state index in [9.17, 15) is 14.4 Å². The summed E-state index contributed by atoms with van der Waals surface area (Å²) in [6.07, 6.45) is 0.368. The Bertz CT molecular complexity index is 960. The Labute approximate surface area is 180 Å². The number of amides is 4. The van der Waals surface area contributed by atoms with Gasteiger partial charge in [0.05, 0.1) is 10.7 Å². The minimum absolute atomic E-state index is 0.0296. The zero-order valence-corrected chi connectivity index (χ0v) is 17.2. The molecule has 8 heteroatoms. The van der Waals surface area contributed by atoms with Gasteiger partial charge in [-0.3, -0.25) is 14.9 Å². The number of halogens is 1. The summed E-state index contributed by atoms with van der Waals surface area (Å²) < 4.78 is 0. The van der Waals surface area contributed by atoms with Crippen LogP contribution in [0.3, 0.4) is 0 Å². The molecule has 0 aliphatic carbocycles. The third-order valence-corrected chi connectivity index (χ3v) is 6.07. The summed E-state index contributed by atoms with van der Waals surface area (Å²) in [5, 5.41) is 5.74. The summed E-state index contributed by atoms with van der Waals surface area (Å²) in [5.74, 6) is -0.451. The Hall–Kier alpha value is -3.06. The van der Waals surface area contributed by atoms with Crippen LogP contribution in [0.25, 0.3) is 0 Å². The van der Waals surface area contributed by atoms with Crippen LogP contribution in [0.1, 0.15) is 18.4 Å². The summed E-state index contributed by atoms with van der Waals surface area (Å²) in [7, 11) is 0. The summed E-state index contributed by atoms with van der Waals surface area (Å²) >= 11 is 6.28. The molecular formula is C22H23ClN4O3. The molecule has 1 atom stereocenters. The first kappa shape index (κ1) is 20.2. The van der Waals surface area contributed by atoms with Gasteiger partial charge in [-0.1, -0.05) is 54.1 Å². The van der Waals surface area contributed by atoms with Gasteiger partial charge in [0.15, 0.2) is 0 Å². The van der Waals surface area contributed by atoms with Crippen molar-refractivity contribution in [1.29, 1.82) is 0 Å². The van der Waals surface area contributed by atoms with Crippen molar-refractivity contribution < 1.29 is 14.4 Å². The first-order chi connectivity index (χ1) is 14.5. The normalized spacial score (nSPS) is 21.4.